The minimum Gasteiger partial charge on any atom is -0.275 e. The second-order valence-corrected chi connectivity index (χ2v) is 28.8. The van der Waals surface area contributed by atoms with Gasteiger partial charge in [0.25, 0.3) is 70.9 Å². The fourth-order valence-corrected chi connectivity index (χ4v) is 19.2. The third kappa shape index (κ3) is 8.46. The van der Waals surface area contributed by atoms with Crippen LogP contribution in [0.3, 0.4) is 0 Å². The van der Waals surface area contributed by atoms with Gasteiger partial charge in [-0.3, -0.25) is 86.9 Å². The Morgan fingerprint density at radius 2 is 0.407 bits per heavy atom. The number of hydrogen-bond acceptors (Lipinski definition) is 16. The highest BCUT2D eigenvalue weighted by Gasteiger charge is 2.44. The van der Waals surface area contributed by atoms with Gasteiger partial charge in [0, 0.05) is 154 Å². The van der Waals surface area contributed by atoms with Crippen molar-refractivity contribution in [2.75, 3.05) is 39.3 Å². The van der Waals surface area contributed by atoms with Crippen LogP contribution < -0.4 is 0 Å². The molecule has 6 aliphatic heterocycles. The molecule has 0 aromatic heterocycles. The van der Waals surface area contributed by atoms with Gasteiger partial charge in [0.05, 0.1) is 78.4 Å². The molecule has 0 saturated heterocycles. The van der Waals surface area contributed by atoms with Gasteiger partial charge in [-0.2, -0.15) is 21.0 Å². The van der Waals surface area contributed by atoms with E-state index in [1.807, 2.05) is 0 Å². The SMILES string of the molecule is [C-]#[N+]c1cc2c3c(cc(C#N)c4c5c(C#N)cc6c7c(cc([N+]#[C-])c(c1c34)c75)C(=O)N(CC)C6=O)C(=O)N(CC)C2=O.[C-]#[N+]c1cc2c3c(cc(C#N)c4c5ccc6c7c(ccc(c1c34)c75)C(=O)N(CC)C6=O)C(=O)N(CC)C2=O.[C-]#[N+]c1cc2c3c(ccc4c5c(C#N)cc6c7c(ccc(c1c34)c75)C(=O)N(CC)C6=O)C(=O)N(CC)C2=O. The molecule has 0 unspecified atom stereocenters. The molecule has 0 radical (unpaired) electrons. The van der Waals surface area contributed by atoms with Crippen molar-refractivity contribution in [3.05, 3.63) is 232 Å². The predicted octanol–water partition coefficient (Wildman–Crippen LogP) is 16.6. The van der Waals surface area contributed by atoms with E-state index in [1.165, 1.54) is 53.4 Å². The number of imide groups is 6. The van der Waals surface area contributed by atoms with Gasteiger partial charge in [0.1, 0.15) is 0 Å². The molecule has 21 rings (SSSR count). The number of nitriles is 4. The van der Waals surface area contributed by atoms with Crippen molar-refractivity contribution < 1.29 is 57.5 Å². The topological polar surface area (TPSA) is 337 Å². The molecule has 118 heavy (non-hydrogen) atoms. The number of nitrogens with zero attached hydrogens (tertiary/aromatic N) is 14. The van der Waals surface area contributed by atoms with Crippen molar-refractivity contribution in [3.8, 4) is 24.3 Å². The maximum Gasteiger partial charge on any atom is 0.261 e. The van der Waals surface area contributed by atoms with Gasteiger partial charge in [-0.15, -0.1) is 0 Å². The minimum absolute atomic E-state index is 0.00282. The lowest BCUT2D eigenvalue weighted by Gasteiger charge is -2.31. The van der Waals surface area contributed by atoms with Crippen LogP contribution in [0.4, 0.5) is 22.7 Å². The molecular formula is C92H46N14O12. The van der Waals surface area contributed by atoms with Crippen LogP contribution in [0.2, 0.25) is 0 Å². The molecule has 556 valence electrons. The number of benzene rings is 15. The summed E-state index contributed by atoms with van der Waals surface area (Å²) in [5.41, 5.74) is 3.78. The monoisotopic (exact) mass is 1540 g/mol. The molecule has 0 aliphatic carbocycles. The van der Waals surface area contributed by atoms with Crippen molar-refractivity contribution in [2.24, 2.45) is 0 Å². The van der Waals surface area contributed by atoms with Crippen molar-refractivity contribution >= 4 is 223 Å². The van der Waals surface area contributed by atoms with E-state index in [9.17, 15) is 78.6 Å². The van der Waals surface area contributed by atoms with Gasteiger partial charge in [-0.05, 0) is 190 Å². The molecule has 0 atom stereocenters. The zero-order chi connectivity index (χ0) is 83.0. The van der Waals surface area contributed by atoms with Crippen LogP contribution in [0.1, 0.15) is 188 Å². The lowest BCUT2D eigenvalue weighted by atomic mass is 9.78. The summed E-state index contributed by atoms with van der Waals surface area (Å²) in [6, 6.07) is 33.9. The summed E-state index contributed by atoms with van der Waals surface area (Å²) >= 11 is 0. The smallest absolute Gasteiger partial charge is 0.261 e. The van der Waals surface area contributed by atoms with Gasteiger partial charge in [0.2, 0.25) is 0 Å². The summed E-state index contributed by atoms with van der Waals surface area (Å²) in [6.07, 6.45) is 0. The summed E-state index contributed by atoms with van der Waals surface area (Å²) < 4.78 is 0. The van der Waals surface area contributed by atoms with Crippen LogP contribution in [0.15, 0.2) is 97.1 Å². The van der Waals surface area contributed by atoms with E-state index in [0.717, 1.165) is 24.5 Å². The Bertz CT molecular complexity index is 7520. The molecule has 0 fully saturated rings. The number of hydrogen-bond donors (Lipinski definition) is 0. The maximum atomic E-state index is 13.5. The summed E-state index contributed by atoms with van der Waals surface area (Å²) in [4.78, 5) is 182. The van der Waals surface area contributed by atoms with Crippen molar-refractivity contribution in [1.82, 2.24) is 29.4 Å². The Kier molecular flexibility index (Phi) is 14.9. The summed E-state index contributed by atoms with van der Waals surface area (Å²) in [7, 11) is 0. The van der Waals surface area contributed by atoms with E-state index >= 15 is 0 Å². The first-order valence-electron chi connectivity index (χ1n) is 37.2. The average Bonchev–Trinajstić information content (AvgIpc) is 0.648. The molecule has 26 nitrogen and oxygen atoms in total. The molecule has 0 spiro atoms. The maximum absolute atomic E-state index is 13.5. The molecule has 15 aromatic carbocycles. The average molecular weight is 1540 g/mol. The Morgan fingerprint density at radius 1 is 0.220 bits per heavy atom. The third-order valence-corrected chi connectivity index (χ3v) is 24.0. The number of rotatable bonds is 6. The van der Waals surface area contributed by atoms with Crippen molar-refractivity contribution in [2.45, 2.75) is 41.5 Å². The van der Waals surface area contributed by atoms with Gasteiger partial charge in [0.15, 0.2) is 22.7 Å². The lowest BCUT2D eigenvalue weighted by molar-refractivity contribution is 0.0603. The first-order chi connectivity index (χ1) is 57.0. The van der Waals surface area contributed by atoms with Gasteiger partial charge < -0.3 is 0 Å². The van der Waals surface area contributed by atoms with E-state index in [4.69, 9.17) is 26.3 Å². The van der Waals surface area contributed by atoms with Gasteiger partial charge in [-0.1, -0.05) is 24.3 Å². The molecule has 0 bridgehead atoms. The molecule has 15 aromatic rings. The Morgan fingerprint density at radius 3 is 0.678 bits per heavy atom. The predicted molar refractivity (Wildman–Crippen MR) is 433 cm³/mol. The Hall–Kier alpha value is -17.0. The number of carbonyl (C=O) groups excluding carboxylic acids is 12. The van der Waals surface area contributed by atoms with Gasteiger partial charge >= 0.3 is 0 Å². The standard InChI is InChI=1S/C32H14N6O4.2C30H16N4O4/c1-5-37-29(39)15-7-13(11-33)21-22-14(12-34)8-16-24-18(32(42)38(6-2)30(16)40)10-20(36-4)26(28(22)24)25-19(35-3)9-17(31(37)41)23(15)27(21)25;1-4-33-27(35)16-9-7-15-24-20(32-3)11-19-23-17(28(36)34(5-2)30(19)38)8-6-14(26(23)24)21-13(12-31)10-18(29(33)37)22(16)25(15)21;1-4-33-27(35)16-8-6-14-21-13(12-31)10-18-24-19(30(38)34(5-2)29(18)37)11-20(32-3)25(26(21)24)15-7-9-17(28(33)36)23(16)22(14)15/h7-10H,5-6H2,1-2H3;2*6-11H,4-5H2,1-2H3. The Labute approximate surface area is 664 Å². The van der Waals surface area contributed by atoms with E-state index in [2.05, 4.69) is 43.7 Å². The van der Waals surface area contributed by atoms with Crippen LogP contribution in [0, 0.1) is 71.6 Å². The molecule has 0 N–H and O–H groups in total. The van der Waals surface area contributed by atoms with E-state index in [0.29, 0.717) is 108 Å². The third-order valence-electron chi connectivity index (χ3n) is 24.0. The fourth-order valence-electron chi connectivity index (χ4n) is 19.2. The number of amides is 12. The van der Waals surface area contributed by atoms with E-state index in [-0.39, 0.29) is 172 Å². The first-order valence-corrected chi connectivity index (χ1v) is 37.2. The van der Waals surface area contributed by atoms with Crippen molar-refractivity contribution in [3.63, 3.8) is 0 Å². The summed E-state index contributed by atoms with van der Waals surface area (Å²) in [6.45, 7) is 43.1. The molecular weight excluding hydrogens is 1490 g/mol. The first kappa shape index (κ1) is 71.3. The zero-order valence-corrected chi connectivity index (χ0v) is 62.6. The van der Waals surface area contributed by atoms with Crippen LogP contribution in [-0.4, -0.2) is 140 Å². The van der Waals surface area contributed by atoms with Crippen LogP contribution in [0.25, 0.3) is 149 Å². The highest BCUT2D eigenvalue weighted by atomic mass is 16.2. The minimum atomic E-state index is -0.600. The molecule has 6 aliphatic rings. The van der Waals surface area contributed by atoms with Gasteiger partial charge in [-0.25, -0.2) is 19.4 Å². The highest BCUT2D eigenvalue weighted by molar-refractivity contribution is 6.49. The van der Waals surface area contributed by atoms with Crippen LogP contribution in [-0.2, 0) is 0 Å². The highest BCUT2D eigenvalue weighted by Crippen LogP contribution is 2.57. The lowest BCUT2D eigenvalue weighted by Crippen LogP contribution is -2.40. The van der Waals surface area contributed by atoms with Crippen molar-refractivity contribution in [1.29, 1.82) is 21.0 Å². The van der Waals surface area contributed by atoms with E-state index < -0.39 is 70.9 Å². The summed E-state index contributed by atoms with van der Waals surface area (Å²) in [5, 5.41) is 51.4. The zero-order valence-electron chi connectivity index (χ0n) is 62.6. The number of carbonyl (C=O) groups is 12. The molecule has 6 heterocycles. The second-order valence-electron chi connectivity index (χ2n) is 28.8. The molecule has 12 amide bonds. The second kappa shape index (κ2) is 24.7. The van der Waals surface area contributed by atoms with Crippen LogP contribution >= 0.6 is 0 Å². The van der Waals surface area contributed by atoms with Crippen LogP contribution in [0.5, 0.6) is 0 Å². The molecule has 26 heteroatoms. The summed E-state index contributed by atoms with van der Waals surface area (Å²) in [5.74, 6) is -5.92. The van der Waals surface area contributed by atoms with E-state index in [1.54, 1.807) is 90.1 Å². The fraction of sp³-hybridized carbons (Fsp3) is 0.130. The quantitative estimate of drug-likeness (QED) is 0.0646. The normalized spacial score (nSPS) is 14.6. The Balaban J connectivity index is 0.000000118. The number of fused-ring (bicyclic) bond motifs is 6. The molecule has 0 saturated carbocycles. The largest absolute Gasteiger partial charge is 0.275 e.